The summed E-state index contributed by atoms with van der Waals surface area (Å²) in [5.41, 5.74) is -0.644. The van der Waals surface area contributed by atoms with Crippen LogP contribution in [0.2, 0.25) is 0 Å². The minimum atomic E-state index is -0.681. The lowest BCUT2D eigenvalue weighted by molar-refractivity contribution is -0.152. The van der Waals surface area contributed by atoms with Crippen molar-refractivity contribution in [1.82, 2.24) is 0 Å². The van der Waals surface area contributed by atoms with Gasteiger partial charge in [0.05, 0.1) is 11.5 Å². The van der Waals surface area contributed by atoms with E-state index in [9.17, 15) is 15.0 Å². The summed E-state index contributed by atoms with van der Waals surface area (Å²) in [7, 11) is 0. The minimum Gasteiger partial charge on any atom is -0.481 e. The van der Waals surface area contributed by atoms with Crippen LogP contribution in [-0.4, -0.2) is 22.3 Å². The van der Waals surface area contributed by atoms with Gasteiger partial charge < -0.3 is 10.2 Å². The van der Waals surface area contributed by atoms with Gasteiger partial charge in [0.25, 0.3) is 0 Å². The van der Waals surface area contributed by atoms with E-state index in [1.807, 2.05) is 0 Å². The normalized spacial score (nSPS) is 25.9. The Labute approximate surface area is 116 Å². The van der Waals surface area contributed by atoms with Crippen molar-refractivity contribution >= 4 is 5.97 Å². The van der Waals surface area contributed by atoms with Gasteiger partial charge in [-0.1, -0.05) is 51.4 Å². The van der Waals surface area contributed by atoms with Crippen LogP contribution in [0.3, 0.4) is 0 Å². The molecule has 0 aromatic heterocycles. The Bertz CT molecular complexity index is 286. The monoisotopic (exact) mass is 268 g/mol. The fourth-order valence-corrected chi connectivity index (χ4v) is 4.08. The van der Waals surface area contributed by atoms with Gasteiger partial charge in [-0.25, -0.2) is 0 Å². The third-order valence-corrected chi connectivity index (χ3v) is 5.22. The third kappa shape index (κ3) is 3.95. The van der Waals surface area contributed by atoms with E-state index in [2.05, 4.69) is 0 Å². The van der Waals surface area contributed by atoms with E-state index in [1.165, 1.54) is 25.7 Å². The first-order valence-corrected chi connectivity index (χ1v) is 8.04. The zero-order valence-electron chi connectivity index (χ0n) is 11.9. The molecule has 0 aliphatic heterocycles. The molecular formula is C16H28O3. The Morgan fingerprint density at radius 1 is 1.05 bits per heavy atom. The summed E-state index contributed by atoms with van der Waals surface area (Å²) in [6.45, 7) is 0. The van der Waals surface area contributed by atoms with Gasteiger partial charge in [0.15, 0.2) is 0 Å². The highest BCUT2D eigenvalue weighted by atomic mass is 16.4. The average Bonchev–Trinajstić information content (AvgIpc) is 2.73. The molecular weight excluding hydrogens is 240 g/mol. The van der Waals surface area contributed by atoms with E-state index in [-0.39, 0.29) is 0 Å². The van der Waals surface area contributed by atoms with Gasteiger partial charge in [-0.15, -0.1) is 0 Å². The minimum absolute atomic E-state index is 0.419. The summed E-state index contributed by atoms with van der Waals surface area (Å²) < 4.78 is 0. The van der Waals surface area contributed by atoms with E-state index < -0.39 is 17.5 Å². The molecule has 0 saturated heterocycles. The van der Waals surface area contributed by atoms with Gasteiger partial charge in [-0.3, -0.25) is 4.79 Å². The molecule has 110 valence electrons. The molecule has 2 fully saturated rings. The number of hydrogen-bond acceptors (Lipinski definition) is 2. The highest BCUT2D eigenvalue weighted by molar-refractivity contribution is 5.74. The molecule has 1 unspecified atom stereocenters. The summed E-state index contributed by atoms with van der Waals surface area (Å²) in [4.78, 5) is 11.7. The molecule has 0 aromatic carbocycles. The van der Waals surface area contributed by atoms with Gasteiger partial charge in [-0.05, 0) is 31.6 Å². The zero-order chi connectivity index (χ0) is 13.7. The molecule has 2 aliphatic rings. The summed E-state index contributed by atoms with van der Waals surface area (Å²) >= 11 is 0. The highest BCUT2D eigenvalue weighted by Crippen LogP contribution is 2.41. The van der Waals surface area contributed by atoms with Crippen LogP contribution in [-0.2, 0) is 4.79 Å². The maximum Gasteiger partial charge on any atom is 0.309 e. The fraction of sp³-hybridized carbons (Fsp3) is 0.938. The van der Waals surface area contributed by atoms with Crippen LogP contribution in [0.5, 0.6) is 0 Å². The average molecular weight is 268 g/mol. The molecule has 0 aromatic rings. The third-order valence-electron chi connectivity index (χ3n) is 5.22. The second-order valence-electron chi connectivity index (χ2n) is 6.74. The molecule has 0 spiro atoms. The van der Waals surface area contributed by atoms with Crippen molar-refractivity contribution in [3.8, 4) is 0 Å². The van der Waals surface area contributed by atoms with Gasteiger partial charge in [0.1, 0.15) is 0 Å². The van der Waals surface area contributed by atoms with Crippen molar-refractivity contribution in [2.24, 2.45) is 11.3 Å². The standard InChI is InChI=1S/C16H28O3/c17-14(11-13-7-3-4-8-13)12-16(15(18)19)9-5-1-2-6-10-16/h13-14,17H,1-12H2,(H,18,19). The molecule has 0 radical (unpaired) electrons. The van der Waals surface area contributed by atoms with Gasteiger partial charge in [0, 0.05) is 0 Å². The van der Waals surface area contributed by atoms with Crippen LogP contribution < -0.4 is 0 Å². The van der Waals surface area contributed by atoms with Crippen molar-refractivity contribution in [3.63, 3.8) is 0 Å². The van der Waals surface area contributed by atoms with E-state index >= 15 is 0 Å². The zero-order valence-corrected chi connectivity index (χ0v) is 11.9. The largest absolute Gasteiger partial charge is 0.481 e. The van der Waals surface area contributed by atoms with Crippen molar-refractivity contribution in [2.75, 3.05) is 0 Å². The lowest BCUT2D eigenvalue weighted by Crippen LogP contribution is -2.35. The maximum atomic E-state index is 11.7. The second kappa shape index (κ2) is 6.74. The number of aliphatic hydroxyl groups is 1. The number of aliphatic carboxylic acids is 1. The van der Waals surface area contributed by atoms with Crippen LogP contribution in [0.25, 0.3) is 0 Å². The predicted octanol–water partition coefficient (Wildman–Crippen LogP) is 3.74. The van der Waals surface area contributed by atoms with Crippen molar-refractivity contribution in [1.29, 1.82) is 0 Å². The summed E-state index contributed by atoms with van der Waals surface area (Å²) in [6, 6.07) is 0. The Hall–Kier alpha value is -0.570. The first-order chi connectivity index (χ1) is 9.12. The second-order valence-corrected chi connectivity index (χ2v) is 6.74. The van der Waals surface area contributed by atoms with Crippen molar-refractivity contribution in [3.05, 3.63) is 0 Å². The number of aliphatic hydroxyl groups excluding tert-OH is 1. The molecule has 2 saturated carbocycles. The Morgan fingerprint density at radius 3 is 2.16 bits per heavy atom. The molecule has 2 rings (SSSR count). The molecule has 19 heavy (non-hydrogen) atoms. The predicted molar refractivity (Wildman–Crippen MR) is 75.0 cm³/mol. The van der Waals surface area contributed by atoms with E-state index in [1.54, 1.807) is 0 Å². The lowest BCUT2D eigenvalue weighted by atomic mass is 9.74. The van der Waals surface area contributed by atoms with Crippen LogP contribution in [0, 0.1) is 11.3 Å². The molecule has 0 heterocycles. The molecule has 3 nitrogen and oxygen atoms in total. The number of rotatable bonds is 5. The van der Waals surface area contributed by atoms with E-state index in [0.717, 1.165) is 44.9 Å². The number of carboxylic acids is 1. The van der Waals surface area contributed by atoms with Crippen molar-refractivity contribution < 1.29 is 15.0 Å². The van der Waals surface area contributed by atoms with Crippen LogP contribution in [0.15, 0.2) is 0 Å². The number of carbonyl (C=O) groups is 1. The Balaban J connectivity index is 1.92. The number of hydrogen-bond donors (Lipinski definition) is 2. The first kappa shape index (κ1) is 14.8. The summed E-state index contributed by atoms with van der Waals surface area (Å²) in [5.74, 6) is -0.0495. The molecule has 2 aliphatic carbocycles. The van der Waals surface area contributed by atoms with E-state index in [4.69, 9.17) is 0 Å². The SMILES string of the molecule is O=C(O)C1(CC(O)CC2CCCC2)CCCCCC1. The Morgan fingerprint density at radius 2 is 1.63 bits per heavy atom. The van der Waals surface area contributed by atoms with Crippen LogP contribution in [0.1, 0.15) is 77.0 Å². The smallest absolute Gasteiger partial charge is 0.309 e. The quantitative estimate of drug-likeness (QED) is 0.747. The summed E-state index contributed by atoms with van der Waals surface area (Å²) in [5, 5.41) is 19.9. The molecule has 1 atom stereocenters. The number of carboxylic acid groups (broad SMARTS) is 1. The van der Waals surface area contributed by atoms with Gasteiger partial charge >= 0.3 is 5.97 Å². The summed E-state index contributed by atoms with van der Waals surface area (Å²) in [6.07, 6.45) is 11.7. The van der Waals surface area contributed by atoms with Crippen LogP contribution >= 0.6 is 0 Å². The maximum absolute atomic E-state index is 11.7. The van der Waals surface area contributed by atoms with E-state index in [0.29, 0.717) is 12.3 Å². The lowest BCUT2D eigenvalue weighted by Gasteiger charge is -2.31. The molecule has 0 bridgehead atoms. The Kier molecular flexibility index (Phi) is 5.26. The molecule has 2 N–H and O–H groups in total. The van der Waals surface area contributed by atoms with Crippen molar-refractivity contribution in [2.45, 2.75) is 83.2 Å². The van der Waals surface area contributed by atoms with Gasteiger partial charge in [-0.2, -0.15) is 0 Å². The first-order valence-electron chi connectivity index (χ1n) is 8.04. The molecule has 3 heteroatoms. The topological polar surface area (TPSA) is 57.5 Å². The van der Waals surface area contributed by atoms with Gasteiger partial charge in [0.2, 0.25) is 0 Å². The molecule has 0 amide bonds. The highest BCUT2D eigenvalue weighted by Gasteiger charge is 2.40. The van der Waals surface area contributed by atoms with Crippen LogP contribution in [0.4, 0.5) is 0 Å². The fourth-order valence-electron chi connectivity index (χ4n) is 4.08.